The number of benzene rings is 3. The van der Waals surface area contributed by atoms with Gasteiger partial charge < -0.3 is 5.32 Å². The first-order chi connectivity index (χ1) is 16.0. The highest BCUT2D eigenvalue weighted by Crippen LogP contribution is 2.55. The maximum absolute atomic E-state index is 13.8. The van der Waals surface area contributed by atoms with Crippen molar-refractivity contribution in [2.24, 2.45) is 0 Å². The van der Waals surface area contributed by atoms with Crippen molar-refractivity contribution in [3.63, 3.8) is 0 Å². The van der Waals surface area contributed by atoms with Gasteiger partial charge in [0.1, 0.15) is 12.4 Å². The molecule has 8 heteroatoms. The summed E-state index contributed by atoms with van der Waals surface area (Å²) in [6.07, 6.45) is 0. The molecule has 1 fully saturated rings. The van der Waals surface area contributed by atoms with E-state index < -0.39 is 10.7 Å². The van der Waals surface area contributed by atoms with Crippen molar-refractivity contribution in [1.29, 1.82) is 0 Å². The molecule has 2 heterocycles. The van der Waals surface area contributed by atoms with Gasteiger partial charge in [0.15, 0.2) is 0 Å². The quantitative estimate of drug-likeness (QED) is 0.632. The van der Waals surface area contributed by atoms with Crippen molar-refractivity contribution in [1.82, 2.24) is 5.32 Å². The van der Waals surface area contributed by atoms with E-state index >= 15 is 0 Å². The van der Waals surface area contributed by atoms with Crippen LogP contribution in [0.5, 0.6) is 0 Å². The maximum atomic E-state index is 13.8. The Bertz CT molecular complexity index is 1240. The van der Waals surface area contributed by atoms with Gasteiger partial charge in [0.05, 0.1) is 11.4 Å². The summed E-state index contributed by atoms with van der Waals surface area (Å²) in [6, 6.07) is 22.2. The van der Waals surface area contributed by atoms with Crippen LogP contribution in [-0.4, -0.2) is 30.0 Å². The van der Waals surface area contributed by atoms with Crippen molar-refractivity contribution < 1.29 is 18.8 Å². The number of rotatable bonds is 5. The number of para-hydroxylation sites is 1. The Balaban J connectivity index is 1.46. The molecule has 5 rings (SSSR count). The predicted molar refractivity (Wildman–Crippen MR) is 125 cm³/mol. The third-order valence-corrected chi connectivity index (χ3v) is 7.17. The average Bonchev–Trinajstić information content (AvgIpc) is 3.30. The van der Waals surface area contributed by atoms with Crippen molar-refractivity contribution >= 4 is 40.9 Å². The van der Waals surface area contributed by atoms with Gasteiger partial charge in [0, 0.05) is 17.8 Å². The Labute approximate surface area is 194 Å². The van der Waals surface area contributed by atoms with E-state index in [1.165, 1.54) is 45.8 Å². The van der Waals surface area contributed by atoms with Crippen LogP contribution < -0.4 is 15.1 Å². The van der Waals surface area contributed by atoms with Crippen LogP contribution in [0.4, 0.5) is 15.8 Å². The van der Waals surface area contributed by atoms with E-state index in [-0.39, 0.29) is 30.0 Å². The Kier molecular flexibility index (Phi) is 5.38. The molecule has 3 aromatic rings. The summed E-state index contributed by atoms with van der Waals surface area (Å²) < 4.78 is 13.5. The standard InChI is InChI=1S/C25H20FN3O3S/c26-18-10-12-19(13-11-18)29-23(31)16-33-25(29)20-8-4-5-9-21(20)28(24(25)32)15-22(30)27-14-17-6-2-1-3-7-17/h1-13H,14-16H2,(H,27,30)/t25-/m0/s1. The van der Waals surface area contributed by atoms with Gasteiger partial charge in [-0.3, -0.25) is 24.2 Å². The summed E-state index contributed by atoms with van der Waals surface area (Å²) in [5.74, 6) is -1.24. The van der Waals surface area contributed by atoms with E-state index in [4.69, 9.17) is 0 Å². The van der Waals surface area contributed by atoms with Gasteiger partial charge in [0.25, 0.3) is 5.91 Å². The van der Waals surface area contributed by atoms with Gasteiger partial charge in [-0.25, -0.2) is 4.39 Å². The number of halogens is 1. The number of nitrogens with zero attached hydrogens (tertiary/aromatic N) is 2. The van der Waals surface area contributed by atoms with E-state index in [0.29, 0.717) is 23.5 Å². The first-order valence-electron chi connectivity index (χ1n) is 10.5. The Morgan fingerprint density at radius 3 is 2.42 bits per heavy atom. The number of carbonyl (C=O) groups is 3. The van der Waals surface area contributed by atoms with Gasteiger partial charge in [-0.15, -0.1) is 11.8 Å². The summed E-state index contributed by atoms with van der Waals surface area (Å²) >= 11 is 1.22. The highest BCUT2D eigenvalue weighted by molar-refractivity contribution is 8.02. The van der Waals surface area contributed by atoms with Crippen LogP contribution in [0.3, 0.4) is 0 Å². The number of hydrogen-bond acceptors (Lipinski definition) is 4. The molecule has 1 atom stereocenters. The highest BCUT2D eigenvalue weighted by Gasteiger charge is 2.61. The maximum Gasteiger partial charge on any atom is 0.269 e. The summed E-state index contributed by atoms with van der Waals surface area (Å²) in [4.78, 5) is 41.1. The second-order valence-corrected chi connectivity index (χ2v) is 8.98. The van der Waals surface area contributed by atoms with Crippen molar-refractivity contribution in [2.75, 3.05) is 22.1 Å². The summed E-state index contributed by atoms with van der Waals surface area (Å²) in [6.45, 7) is 0.180. The molecular formula is C25H20FN3O3S. The van der Waals surface area contributed by atoms with E-state index in [0.717, 1.165) is 5.56 Å². The monoisotopic (exact) mass is 461 g/mol. The number of thioether (sulfide) groups is 1. The minimum Gasteiger partial charge on any atom is -0.350 e. The molecular weight excluding hydrogens is 441 g/mol. The molecule has 3 amide bonds. The molecule has 0 aliphatic carbocycles. The van der Waals surface area contributed by atoms with Crippen LogP contribution in [0, 0.1) is 5.82 Å². The third kappa shape index (κ3) is 3.56. The van der Waals surface area contributed by atoms with E-state index in [2.05, 4.69) is 5.32 Å². The van der Waals surface area contributed by atoms with Gasteiger partial charge in [-0.05, 0) is 35.9 Å². The second-order valence-electron chi connectivity index (χ2n) is 7.81. The molecule has 0 radical (unpaired) electrons. The zero-order chi connectivity index (χ0) is 23.0. The lowest BCUT2D eigenvalue weighted by atomic mass is 10.0. The van der Waals surface area contributed by atoms with Crippen LogP contribution in [0.1, 0.15) is 11.1 Å². The predicted octanol–water partition coefficient (Wildman–Crippen LogP) is 3.42. The molecule has 1 N–H and O–H groups in total. The fourth-order valence-corrected chi connectivity index (χ4v) is 5.66. The molecule has 2 aliphatic rings. The van der Waals surface area contributed by atoms with Gasteiger partial charge in [-0.2, -0.15) is 0 Å². The van der Waals surface area contributed by atoms with Crippen LogP contribution in [0.15, 0.2) is 78.9 Å². The SMILES string of the molecule is O=C(CN1C(=O)[C@@]2(SCC(=O)N2c2ccc(F)cc2)c2ccccc21)NCc1ccccc1. The van der Waals surface area contributed by atoms with Crippen LogP contribution in [0.25, 0.3) is 0 Å². The van der Waals surface area contributed by atoms with E-state index in [9.17, 15) is 18.8 Å². The van der Waals surface area contributed by atoms with E-state index in [1.54, 1.807) is 24.3 Å². The number of anilines is 2. The highest BCUT2D eigenvalue weighted by atomic mass is 32.2. The van der Waals surface area contributed by atoms with Crippen LogP contribution >= 0.6 is 11.8 Å². The largest absolute Gasteiger partial charge is 0.350 e. The molecule has 0 saturated carbocycles. The van der Waals surface area contributed by atoms with Gasteiger partial charge in [-0.1, -0.05) is 48.5 Å². The summed E-state index contributed by atoms with van der Waals surface area (Å²) in [5.41, 5.74) is 2.62. The molecule has 1 saturated heterocycles. The zero-order valence-corrected chi connectivity index (χ0v) is 18.3. The Morgan fingerprint density at radius 1 is 0.970 bits per heavy atom. The normalized spacial score (nSPS) is 19.3. The smallest absolute Gasteiger partial charge is 0.269 e. The van der Waals surface area contributed by atoms with Crippen LogP contribution in [0.2, 0.25) is 0 Å². The summed E-state index contributed by atoms with van der Waals surface area (Å²) in [5, 5.41) is 2.85. The lowest BCUT2D eigenvalue weighted by molar-refractivity contribution is -0.125. The first-order valence-corrected chi connectivity index (χ1v) is 11.4. The molecule has 0 bridgehead atoms. The summed E-state index contributed by atoms with van der Waals surface area (Å²) in [7, 11) is 0. The fraction of sp³-hybridized carbons (Fsp3) is 0.160. The second kappa shape index (κ2) is 8.37. The lowest BCUT2D eigenvalue weighted by Crippen LogP contribution is -2.51. The Morgan fingerprint density at radius 2 is 1.67 bits per heavy atom. The lowest BCUT2D eigenvalue weighted by Gasteiger charge is -2.33. The number of hydrogen-bond donors (Lipinski definition) is 1. The molecule has 33 heavy (non-hydrogen) atoms. The molecule has 2 aliphatic heterocycles. The molecule has 166 valence electrons. The molecule has 1 spiro atoms. The zero-order valence-electron chi connectivity index (χ0n) is 17.5. The van der Waals surface area contributed by atoms with Crippen molar-refractivity contribution in [3.05, 3.63) is 95.8 Å². The molecule has 6 nitrogen and oxygen atoms in total. The fourth-order valence-electron chi connectivity index (χ4n) is 4.30. The van der Waals surface area contributed by atoms with Crippen molar-refractivity contribution in [3.8, 4) is 0 Å². The molecule has 3 aromatic carbocycles. The average molecular weight is 462 g/mol. The minimum absolute atomic E-state index is 0.103. The number of carbonyl (C=O) groups excluding carboxylic acids is 3. The molecule has 0 unspecified atom stereocenters. The van der Waals surface area contributed by atoms with Gasteiger partial charge >= 0.3 is 0 Å². The van der Waals surface area contributed by atoms with E-state index in [1.807, 2.05) is 30.3 Å². The number of fused-ring (bicyclic) bond motifs is 2. The Hall–Kier alpha value is -3.65. The van der Waals surface area contributed by atoms with Crippen molar-refractivity contribution in [2.45, 2.75) is 11.4 Å². The topological polar surface area (TPSA) is 69.7 Å². The number of amides is 3. The van der Waals surface area contributed by atoms with Gasteiger partial charge in [0.2, 0.25) is 16.7 Å². The first kappa shape index (κ1) is 21.2. The number of nitrogens with one attached hydrogen (secondary N) is 1. The minimum atomic E-state index is -1.33. The van der Waals surface area contributed by atoms with Crippen LogP contribution in [-0.2, 0) is 25.8 Å². The third-order valence-electron chi connectivity index (χ3n) is 5.78. The molecule has 0 aromatic heterocycles.